The summed E-state index contributed by atoms with van der Waals surface area (Å²) in [5.74, 6) is 0.170. The molecule has 6 nitrogen and oxygen atoms in total. The lowest BCUT2D eigenvalue weighted by Gasteiger charge is -2.18. The van der Waals surface area contributed by atoms with Crippen LogP contribution in [-0.4, -0.2) is 27.3 Å². The lowest BCUT2D eigenvalue weighted by Crippen LogP contribution is -2.18. The van der Waals surface area contributed by atoms with Gasteiger partial charge >= 0.3 is 0 Å². The highest BCUT2D eigenvalue weighted by molar-refractivity contribution is 7.46. The smallest absolute Gasteiger partial charge is 0.218 e. The molecule has 0 bridgehead atoms. The Morgan fingerprint density at radius 1 is 1.26 bits per heavy atom. The molecule has 0 aliphatic heterocycles. The number of ether oxygens (including phenoxy) is 1. The van der Waals surface area contributed by atoms with E-state index in [2.05, 4.69) is 41.5 Å². The average Bonchev–Trinajstić information content (AvgIpc) is 2.54. The van der Waals surface area contributed by atoms with Gasteiger partial charge in [-0.1, -0.05) is 29.8 Å². The summed E-state index contributed by atoms with van der Waals surface area (Å²) in [6.07, 6.45) is 2.39. The molecule has 2 atom stereocenters. The Labute approximate surface area is 139 Å². The van der Waals surface area contributed by atoms with E-state index < -0.39 is 14.3 Å². The normalized spacial score (nSPS) is 12.2. The van der Waals surface area contributed by atoms with E-state index >= 15 is 0 Å². The van der Waals surface area contributed by atoms with Gasteiger partial charge in [-0.15, -0.1) is 0 Å². The van der Waals surface area contributed by atoms with Crippen molar-refractivity contribution in [2.75, 3.05) is 11.9 Å². The third-order valence-electron chi connectivity index (χ3n) is 3.12. The van der Waals surface area contributed by atoms with Crippen LogP contribution in [0.3, 0.4) is 0 Å². The van der Waals surface area contributed by atoms with Gasteiger partial charge in [0.05, 0.1) is 6.61 Å². The molecule has 0 radical (unpaired) electrons. The number of pyridine rings is 1. The Balaban J connectivity index is 1.88. The highest BCUT2D eigenvalue weighted by atomic mass is 31.2. The summed E-state index contributed by atoms with van der Waals surface area (Å²) in [4.78, 5) is 22.5. The molecule has 1 heterocycles. The lowest BCUT2D eigenvalue weighted by atomic mass is 10.1. The Hall–Kier alpha value is -1.29. The van der Waals surface area contributed by atoms with Gasteiger partial charge in [-0.3, -0.25) is 0 Å². The molecule has 2 rings (SSSR count). The van der Waals surface area contributed by atoms with Gasteiger partial charge in [-0.2, -0.15) is 0 Å². The van der Waals surface area contributed by atoms with Gasteiger partial charge in [0.25, 0.3) is 0 Å². The first-order valence-corrected chi connectivity index (χ1v) is 8.80. The predicted molar refractivity (Wildman–Crippen MR) is 94.2 cm³/mol. The van der Waals surface area contributed by atoms with Crippen LogP contribution in [0.25, 0.3) is 0 Å². The molecule has 0 saturated carbocycles. The third kappa shape index (κ3) is 6.02. The van der Waals surface area contributed by atoms with Crippen molar-refractivity contribution in [2.45, 2.75) is 19.3 Å². The molecule has 23 heavy (non-hydrogen) atoms. The van der Waals surface area contributed by atoms with Crippen molar-refractivity contribution in [1.82, 2.24) is 4.98 Å². The maximum atomic E-state index is 9.19. The summed E-state index contributed by atoms with van der Waals surface area (Å²) >= 11 is 0. The SMILES string of the molecule is Cc1ccc(CCOc2ccnc(NC(OP)P(O)O)c2)cc1. The van der Waals surface area contributed by atoms with Crippen molar-refractivity contribution >= 4 is 23.7 Å². The van der Waals surface area contributed by atoms with Gasteiger partial charge in [0.1, 0.15) is 11.6 Å². The molecular formula is C15H20N2O4P2. The molecule has 8 heteroatoms. The van der Waals surface area contributed by atoms with E-state index in [9.17, 15) is 9.79 Å². The minimum atomic E-state index is -2.28. The molecule has 1 aromatic carbocycles. The topological polar surface area (TPSA) is 83.8 Å². The molecule has 0 spiro atoms. The summed E-state index contributed by atoms with van der Waals surface area (Å²) < 4.78 is 10.6. The van der Waals surface area contributed by atoms with Crippen LogP contribution in [0.1, 0.15) is 11.1 Å². The summed E-state index contributed by atoms with van der Waals surface area (Å²) in [6, 6.07) is 11.8. The Kier molecular flexibility index (Phi) is 7.15. The van der Waals surface area contributed by atoms with Crippen LogP contribution in [0.15, 0.2) is 42.6 Å². The molecule has 1 aromatic heterocycles. The number of hydrogen-bond acceptors (Lipinski definition) is 6. The largest absolute Gasteiger partial charge is 0.493 e. The molecular weight excluding hydrogens is 334 g/mol. The van der Waals surface area contributed by atoms with Gasteiger partial charge in [0, 0.05) is 28.2 Å². The zero-order valence-corrected chi connectivity index (χ0v) is 14.8. The summed E-state index contributed by atoms with van der Waals surface area (Å²) in [7, 11) is -0.286. The number of benzene rings is 1. The van der Waals surface area contributed by atoms with Crippen LogP contribution in [0.2, 0.25) is 0 Å². The second-order valence-electron chi connectivity index (χ2n) is 4.91. The van der Waals surface area contributed by atoms with Crippen LogP contribution in [-0.2, 0) is 10.9 Å². The number of anilines is 1. The molecule has 2 aromatic rings. The monoisotopic (exact) mass is 354 g/mol. The van der Waals surface area contributed by atoms with Crippen molar-refractivity contribution in [3.8, 4) is 5.75 Å². The quantitative estimate of drug-likeness (QED) is 0.499. The van der Waals surface area contributed by atoms with Crippen LogP contribution in [0, 0.1) is 6.92 Å². The van der Waals surface area contributed by atoms with Crippen molar-refractivity contribution < 1.29 is 19.0 Å². The molecule has 0 fully saturated rings. The first kappa shape index (κ1) is 18.1. The lowest BCUT2D eigenvalue weighted by molar-refractivity contribution is 0.314. The average molecular weight is 354 g/mol. The van der Waals surface area contributed by atoms with Crippen LogP contribution < -0.4 is 10.1 Å². The van der Waals surface area contributed by atoms with Crippen molar-refractivity contribution in [1.29, 1.82) is 0 Å². The molecule has 3 N–H and O–H groups in total. The number of nitrogens with one attached hydrogen (secondary N) is 1. The van der Waals surface area contributed by atoms with Crippen LogP contribution >= 0.6 is 17.8 Å². The Morgan fingerprint density at radius 2 is 2.00 bits per heavy atom. The van der Waals surface area contributed by atoms with E-state index in [1.165, 1.54) is 11.1 Å². The first-order chi connectivity index (χ1) is 11.1. The fourth-order valence-corrected chi connectivity index (χ4v) is 2.65. The van der Waals surface area contributed by atoms with E-state index in [1.54, 1.807) is 18.3 Å². The first-order valence-electron chi connectivity index (χ1n) is 7.02. The molecule has 0 aliphatic rings. The zero-order valence-electron chi connectivity index (χ0n) is 12.7. The Morgan fingerprint density at radius 3 is 2.65 bits per heavy atom. The van der Waals surface area contributed by atoms with Crippen LogP contribution in [0.5, 0.6) is 5.75 Å². The summed E-state index contributed by atoms with van der Waals surface area (Å²) in [5.41, 5.74) is 2.45. The third-order valence-corrected chi connectivity index (χ3v) is 4.29. The van der Waals surface area contributed by atoms with Gasteiger partial charge in [0.15, 0.2) is 0 Å². The second-order valence-corrected chi connectivity index (χ2v) is 6.30. The minimum absolute atomic E-state index is 0.445. The van der Waals surface area contributed by atoms with E-state index in [1.807, 2.05) is 9.47 Å². The second kappa shape index (κ2) is 9.11. The number of rotatable bonds is 8. The predicted octanol–water partition coefficient (Wildman–Crippen LogP) is 2.81. The maximum absolute atomic E-state index is 9.19. The van der Waals surface area contributed by atoms with Crippen LogP contribution in [0.4, 0.5) is 5.82 Å². The molecule has 124 valence electrons. The fourth-order valence-electron chi connectivity index (χ4n) is 1.89. The maximum Gasteiger partial charge on any atom is 0.218 e. The number of hydrogen-bond donors (Lipinski definition) is 3. The van der Waals surface area contributed by atoms with E-state index in [-0.39, 0.29) is 0 Å². The highest BCUT2D eigenvalue weighted by Gasteiger charge is 2.17. The van der Waals surface area contributed by atoms with Gasteiger partial charge < -0.3 is 24.4 Å². The molecule has 0 saturated heterocycles. The van der Waals surface area contributed by atoms with Crippen molar-refractivity contribution in [3.63, 3.8) is 0 Å². The minimum Gasteiger partial charge on any atom is -0.493 e. The number of aryl methyl sites for hydroxylation is 1. The van der Waals surface area contributed by atoms with Gasteiger partial charge in [-0.05, 0) is 18.6 Å². The number of nitrogens with zero attached hydrogens (tertiary/aromatic N) is 1. The Bertz CT molecular complexity index is 611. The van der Waals surface area contributed by atoms with Crippen molar-refractivity contribution in [3.05, 3.63) is 53.7 Å². The fraction of sp³-hybridized carbons (Fsp3) is 0.267. The number of aromatic nitrogens is 1. The van der Waals surface area contributed by atoms with Crippen molar-refractivity contribution in [2.24, 2.45) is 0 Å². The zero-order chi connectivity index (χ0) is 16.7. The van der Waals surface area contributed by atoms with E-state index in [0.29, 0.717) is 18.2 Å². The van der Waals surface area contributed by atoms with E-state index in [4.69, 9.17) is 9.26 Å². The summed E-state index contributed by atoms with van der Waals surface area (Å²) in [5, 5.41) is 2.78. The molecule has 0 amide bonds. The van der Waals surface area contributed by atoms with Gasteiger partial charge in [0.2, 0.25) is 14.3 Å². The standard InChI is InChI=1S/C15H20N2O4P2/c1-11-2-4-12(5-3-11)7-9-20-13-6-8-16-14(10-13)17-15(21-22)23(18)19/h2-6,8,10,15,18-19H,7,9,22H2,1H3,(H,16,17). The van der Waals surface area contributed by atoms with E-state index in [0.717, 1.165) is 6.42 Å². The summed E-state index contributed by atoms with van der Waals surface area (Å²) in [6.45, 7) is 2.60. The molecule has 2 unspecified atom stereocenters. The van der Waals surface area contributed by atoms with Gasteiger partial charge in [-0.25, -0.2) is 4.98 Å². The highest BCUT2D eigenvalue weighted by Crippen LogP contribution is 2.33. The molecule has 0 aliphatic carbocycles.